The average Bonchev–Trinajstić information content (AvgIpc) is 2.69. The molecule has 27 heavy (non-hydrogen) atoms. The first-order chi connectivity index (χ1) is 13.2. The fraction of sp³-hybridized carbons (Fsp3) is 0.409. The lowest BCUT2D eigenvalue weighted by molar-refractivity contribution is 0.0905. The summed E-state index contributed by atoms with van der Waals surface area (Å²) in [6.45, 7) is 5.64. The third-order valence-corrected chi connectivity index (χ3v) is 5.31. The van der Waals surface area contributed by atoms with Crippen molar-refractivity contribution in [2.24, 2.45) is 0 Å². The van der Waals surface area contributed by atoms with Crippen molar-refractivity contribution >= 4 is 21.8 Å². The van der Waals surface area contributed by atoms with E-state index in [1.54, 1.807) is 0 Å². The molecule has 3 rings (SSSR count). The number of carbonyl (C=O) groups excluding carboxylic acids is 1. The maximum atomic E-state index is 12.8. The number of nitrogens with zero attached hydrogens (tertiary/aromatic N) is 1. The molecule has 0 aliphatic carbocycles. The number of hydrogen-bond acceptors (Lipinski definition) is 3. The van der Waals surface area contributed by atoms with Crippen LogP contribution in [-0.4, -0.2) is 36.5 Å². The van der Waals surface area contributed by atoms with E-state index in [-0.39, 0.29) is 11.9 Å². The maximum Gasteiger partial charge on any atom is 0.255 e. The normalized spacial score (nSPS) is 15.5. The second-order valence-electron chi connectivity index (χ2n) is 7.00. The molecule has 1 amide bonds. The highest BCUT2D eigenvalue weighted by atomic mass is 79.9. The Morgan fingerprint density at radius 1 is 1.19 bits per heavy atom. The Bertz CT molecular complexity index is 743. The minimum atomic E-state index is -0.0519. The zero-order valence-corrected chi connectivity index (χ0v) is 17.4. The lowest BCUT2D eigenvalue weighted by atomic mass is 10.0. The lowest BCUT2D eigenvalue weighted by Gasteiger charge is -2.32. The second-order valence-corrected chi connectivity index (χ2v) is 7.91. The molecule has 1 aliphatic rings. The van der Waals surface area contributed by atoms with Crippen LogP contribution in [0.1, 0.15) is 42.1 Å². The van der Waals surface area contributed by atoms with Gasteiger partial charge in [0.25, 0.3) is 5.91 Å². The van der Waals surface area contributed by atoms with Gasteiger partial charge in [0, 0.05) is 30.1 Å². The summed E-state index contributed by atoms with van der Waals surface area (Å²) in [5, 5.41) is 3.20. The van der Waals surface area contributed by atoms with E-state index in [2.05, 4.69) is 57.3 Å². The van der Waals surface area contributed by atoms with Gasteiger partial charge in [0.1, 0.15) is 5.75 Å². The molecule has 0 saturated carbocycles. The van der Waals surface area contributed by atoms with Crippen LogP contribution in [0.4, 0.5) is 0 Å². The summed E-state index contributed by atoms with van der Waals surface area (Å²) >= 11 is 3.46. The SMILES string of the molecule is CCCOc1ccc(Br)cc1C(=O)NC1CCN(Cc2ccccc2)CC1. The van der Waals surface area contributed by atoms with Gasteiger partial charge in [-0.05, 0) is 43.0 Å². The van der Waals surface area contributed by atoms with E-state index >= 15 is 0 Å². The molecule has 0 atom stereocenters. The van der Waals surface area contributed by atoms with Crippen LogP contribution in [0, 0.1) is 0 Å². The minimum absolute atomic E-state index is 0.0519. The van der Waals surface area contributed by atoms with Crippen LogP contribution in [0.15, 0.2) is 53.0 Å². The Morgan fingerprint density at radius 3 is 2.63 bits per heavy atom. The zero-order valence-electron chi connectivity index (χ0n) is 15.8. The van der Waals surface area contributed by atoms with Gasteiger partial charge in [0.2, 0.25) is 0 Å². The van der Waals surface area contributed by atoms with E-state index in [9.17, 15) is 4.79 Å². The Kier molecular flexibility index (Phi) is 7.30. The summed E-state index contributed by atoms with van der Waals surface area (Å²) in [5.41, 5.74) is 1.94. The molecular weight excluding hydrogens is 404 g/mol. The van der Waals surface area contributed by atoms with E-state index in [4.69, 9.17) is 4.74 Å². The second kappa shape index (κ2) is 9.90. The predicted octanol–water partition coefficient (Wildman–Crippen LogP) is 4.63. The molecule has 1 heterocycles. The maximum absolute atomic E-state index is 12.8. The smallest absolute Gasteiger partial charge is 0.255 e. The molecule has 0 radical (unpaired) electrons. The predicted molar refractivity (Wildman–Crippen MR) is 112 cm³/mol. The molecular formula is C22H27BrN2O2. The van der Waals surface area contributed by atoms with E-state index in [1.165, 1.54) is 5.56 Å². The highest BCUT2D eigenvalue weighted by molar-refractivity contribution is 9.10. The van der Waals surface area contributed by atoms with Crippen LogP contribution in [0.25, 0.3) is 0 Å². The number of carbonyl (C=O) groups is 1. The van der Waals surface area contributed by atoms with Gasteiger partial charge in [-0.15, -0.1) is 0 Å². The molecule has 1 fully saturated rings. The van der Waals surface area contributed by atoms with Gasteiger partial charge in [0.15, 0.2) is 0 Å². The topological polar surface area (TPSA) is 41.6 Å². The van der Waals surface area contributed by atoms with E-state index in [1.807, 2.05) is 24.3 Å². The standard InChI is InChI=1S/C22H27BrN2O2/c1-2-14-27-21-9-8-18(23)15-20(21)22(26)24-19-10-12-25(13-11-19)16-17-6-4-3-5-7-17/h3-9,15,19H,2,10-14,16H2,1H3,(H,24,26). The van der Waals surface area contributed by atoms with Gasteiger partial charge in [0.05, 0.1) is 12.2 Å². The monoisotopic (exact) mass is 430 g/mol. The van der Waals surface area contributed by atoms with Crippen molar-refractivity contribution in [1.29, 1.82) is 0 Å². The molecule has 2 aromatic rings. The molecule has 144 valence electrons. The number of likely N-dealkylation sites (tertiary alicyclic amines) is 1. The van der Waals surface area contributed by atoms with Crippen molar-refractivity contribution in [3.63, 3.8) is 0 Å². The van der Waals surface area contributed by atoms with Crippen LogP contribution in [0.3, 0.4) is 0 Å². The Balaban J connectivity index is 1.54. The first kappa shape index (κ1) is 19.9. The van der Waals surface area contributed by atoms with E-state index in [0.29, 0.717) is 17.9 Å². The first-order valence-electron chi connectivity index (χ1n) is 9.65. The Labute approximate surface area is 170 Å². The van der Waals surface area contributed by atoms with Crippen molar-refractivity contribution in [3.05, 3.63) is 64.1 Å². The fourth-order valence-electron chi connectivity index (χ4n) is 3.36. The van der Waals surface area contributed by atoms with Gasteiger partial charge in [-0.25, -0.2) is 0 Å². The van der Waals surface area contributed by atoms with Crippen LogP contribution >= 0.6 is 15.9 Å². The molecule has 1 N–H and O–H groups in total. The molecule has 2 aromatic carbocycles. The third kappa shape index (κ3) is 5.81. The van der Waals surface area contributed by atoms with Crippen LogP contribution in [0.5, 0.6) is 5.75 Å². The van der Waals surface area contributed by atoms with Gasteiger partial charge >= 0.3 is 0 Å². The van der Waals surface area contributed by atoms with Gasteiger partial charge in [-0.1, -0.05) is 53.2 Å². The summed E-state index contributed by atoms with van der Waals surface area (Å²) in [6.07, 6.45) is 2.85. The molecule has 4 nitrogen and oxygen atoms in total. The Hall–Kier alpha value is -1.85. The lowest BCUT2D eigenvalue weighted by Crippen LogP contribution is -2.44. The quantitative estimate of drug-likeness (QED) is 0.695. The average molecular weight is 431 g/mol. The summed E-state index contributed by atoms with van der Waals surface area (Å²) in [7, 11) is 0. The van der Waals surface area contributed by atoms with Crippen molar-refractivity contribution in [1.82, 2.24) is 10.2 Å². The minimum Gasteiger partial charge on any atom is -0.493 e. The van der Waals surface area contributed by atoms with Gasteiger partial charge in [-0.2, -0.15) is 0 Å². The van der Waals surface area contributed by atoms with Crippen LogP contribution in [0.2, 0.25) is 0 Å². The van der Waals surface area contributed by atoms with Crippen molar-refractivity contribution in [2.45, 2.75) is 38.8 Å². The molecule has 0 bridgehead atoms. The van der Waals surface area contributed by atoms with Gasteiger partial charge in [-0.3, -0.25) is 9.69 Å². The Morgan fingerprint density at radius 2 is 1.93 bits per heavy atom. The number of rotatable bonds is 7. The number of hydrogen-bond donors (Lipinski definition) is 1. The summed E-state index contributed by atoms with van der Waals surface area (Å²) in [6, 6.07) is 16.4. The molecule has 0 spiro atoms. The van der Waals surface area contributed by atoms with Crippen molar-refractivity contribution < 1.29 is 9.53 Å². The van der Waals surface area contributed by atoms with E-state index < -0.39 is 0 Å². The molecule has 1 saturated heterocycles. The number of nitrogens with one attached hydrogen (secondary N) is 1. The largest absolute Gasteiger partial charge is 0.493 e. The summed E-state index contributed by atoms with van der Waals surface area (Å²) in [5.74, 6) is 0.600. The molecule has 0 unspecified atom stereocenters. The number of halogens is 1. The summed E-state index contributed by atoms with van der Waals surface area (Å²) < 4.78 is 6.63. The van der Waals surface area contributed by atoms with Crippen molar-refractivity contribution in [2.75, 3.05) is 19.7 Å². The van der Waals surface area contributed by atoms with Crippen LogP contribution in [-0.2, 0) is 6.54 Å². The third-order valence-electron chi connectivity index (χ3n) is 4.82. The first-order valence-corrected chi connectivity index (χ1v) is 10.4. The zero-order chi connectivity index (χ0) is 19.1. The molecule has 1 aliphatic heterocycles. The number of ether oxygens (including phenoxy) is 1. The fourth-order valence-corrected chi connectivity index (χ4v) is 3.72. The van der Waals surface area contributed by atoms with E-state index in [0.717, 1.165) is 43.4 Å². The highest BCUT2D eigenvalue weighted by Gasteiger charge is 2.22. The van der Waals surface area contributed by atoms with Crippen LogP contribution < -0.4 is 10.1 Å². The van der Waals surface area contributed by atoms with Crippen molar-refractivity contribution in [3.8, 4) is 5.75 Å². The number of amides is 1. The number of piperidine rings is 1. The highest BCUT2D eigenvalue weighted by Crippen LogP contribution is 2.24. The summed E-state index contributed by atoms with van der Waals surface area (Å²) in [4.78, 5) is 15.2. The van der Waals surface area contributed by atoms with Gasteiger partial charge < -0.3 is 10.1 Å². The number of benzene rings is 2. The molecule has 0 aromatic heterocycles. The molecule has 5 heteroatoms.